The molecular weight excluding hydrogens is 294 g/mol. The van der Waals surface area contributed by atoms with Crippen molar-refractivity contribution in [1.82, 2.24) is 15.2 Å². The molecule has 2 bridgehead atoms. The average molecular weight is 313 g/mol. The molecule has 3 aliphatic heterocycles. The summed E-state index contributed by atoms with van der Waals surface area (Å²) in [5.74, 6) is 0.983. The number of piperidine rings is 3. The molecule has 3 saturated heterocycles. The van der Waals surface area contributed by atoms with Gasteiger partial charge in [0.25, 0.3) is 5.89 Å². The van der Waals surface area contributed by atoms with E-state index in [1.165, 1.54) is 6.20 Å². The molecule has 1 atom stereocenters. The summed E-state index contributed by atoms with van der Waals surface area (Å²) >= 11 is 0. The van der Waals surface area contributed by atoms with Gasteiger partial charge in [0.05, 0.1) is 6.20 Å². The van der Waals surface area contributed by atoms with Crippen LogP contribution >= 0.6 is 0 Å². The van der Waals surface area contributed by atoms with Crippen LogP contribution in [0.1, 0.15) is 23.5 Å². The number of hydrogen-bond acceptors (Lipinski definition) is 5. The zero-order valence-electron chi connectivity index (χ0n) is 12.7. The zero-order chi connectivity index (χ0) is 15.8. The first kappa shape index (κ1) is 14.3. The molecule has 3 aliphatic rings. The lowest BCUT2D eigenvalue weighted by atomic mass is 9.84. The summed E-state index contributed by atoms with van der Waals surface area (Å²) in [6.07, 6.45) is 3.80. The molecule has 1 amide bonds. The van der Waals surface area contributed by atoms with E-state index < -0.39 is 0 Å². The van der Waals surface area contributed by atoms with E-state index in [0.29, 0.717) is 17.2 Å². The lowest BCUT2D eigenvalue weighted by Gasteiger charge is -2.44. The fourth-order valence-electron chi connectivity index (χ4n) is 3.53. The third-order valence-electron chi connectivity index (χ3n) is 4.80. The summed E-state index contributed by atoms with van der Waals surface area (Å²) in [6.45, 7) is 3.19. The molecule has 5 rings (SSSR count). The van der Waals surface area contributed by atoms with Gasteiger partial charge >= 0.3 is 5.91 Å². The fourth-order valence-corrected chi connectivity index (χ4v) is 3.53. The highest BCUT2D eigenvalue weighted by Gasteiger charge is 2.35. The van der Waals surface area contributed by atoms with E-state index in [-0.39, 0.29) is 23.6 Å². The maximum atomic E-state index is 12.4. The van der Waals surface area contributed by atoms with Gasteiger partial charge in [0.2, 0.25) is 0 Å². The van der Waals surface area contributed by atoms with Gasteiger partial charge in [0.15, 0.2) is 5.76 Å². The van der Waals surface area contributed by atoms with Gasteiger partial charge in [0.1, 0.15) is 5.75 Å². The lowest BCUT2D eigenvalue weighted by Crippen LogP contribution is -2.57. The van der Waals surface area contributed by atoms with Crippen molar-refractivity contribution in [2.45, 2.75) is 18.9 Å². The highest BCUT2D eigenvalue weighted by molar-refractivity contribution is 5.90. The lowest BCUT2D eigenvalue weighted by molar-refractivity contribution is 0.0602. The smallest absolute Gasteiger partial charge is 0.307 e. The van der Waals surface area contributed by atoms with Crippen molar-refractivity contribution in [3.05, 3.63) is 36.4 Å². The minimum Gasteiger partial charge on any atom is -0.508 e. The number of aromatic nitrogens is 1. The van der Waals surface area contributed by atoms with E-state index in [1.54, 1.807) is 24.3 Å². The first-order chi connectivity index (χ1) is 11.2. The van der Waals surface area contributed by atoms with Crippen LogP contribution in [0, 0.1) is 5.92 Å². The number of carbonyl (C=O) groups is 1. The molecule has 6 heteroatoms. The molecule has 2 aromatic rings. The first-order valence-corrected chi connectivity index (χ1v) is 7.97. The molecule has 4 heterocycles. The molecule has 1 unspecified atom stereocenters. The molecule has 6 nitrogen and oxygen atoms in total. The van der Waals surface area contributed by atoms with Crippen molar-refractivity contribution in [3.63, 3.8) is 0 Å². The maximum Gasteiger partial charge on any atom is 0.307 e. The van der Waals surface area contributed by atoms with Crippen LogP contribution in [0.25, 0.3) is 11.3 Å². The summed E-state index contributed by atoms with van der Waals surface area (Å²) < 4.78 is 5.56. The van der Waals surface area contributed by atoms with E-state index in [4.69, 9.17) is 4.42 Å². The molecule has 1 aromatic heterocycles. The number of aromatic hydroxyl groups is 1. The quantitative estimate of drug-likeness (QED) is 0.904. The minimum absolute atomic E-state index is 0.0692. The minimum atomic E-state index is -0.268. The van der Waals surface area contributed by atoms with Crippen LogP contribution in [0.4, 0.5) is 0 Å². The number of amides is 1. The van der Waals surface area contributed by atoms with E-state index in [9.17, 15) is 9.90 Å². The Kier molecular flexibility index (Phi) is 3.53. The number of phenolic OH excluding ortho intramolecular Hbond substituents is 1. The largest absolute Gasteiger partial charge is 0.508 e. The molecule has 2 N–H and O–H groups in total. The molecule has 0 radical (unpaired) electrons. The third kappa shape index (κ3) is 2.82. The molecule has 1 aromatic carbocycles. The van der Waals surface area contributed by atoms with Gasteiger partial charge in [-0.05, 0) is 44.0 Å². The van der Waals surface area contributed by atoms with Gasteiger partial charge in [-0.3, -0.25) is 4.79 Å². The Labute approximate surface area is 134 Å². The van der Waals surface area contributed by atoms with Crippen LogP contribution in [0.3, 0.4) is 0 Å². The Hall–Kier alpha value is -2.34. The van der Waals surface area contributed by atoms with Crippen LogP contribution in [0.2, 0.25) is 0 Å². The average Bonchev–Trinajstić information content (AvgIpc) is 3.06. The zero-order valence-corrected chi connectivity index (χ0v) is 12.7. The van der Waals surface area contributed by atoms with E-state index in [0.717, 1.165) is 32.5 Å². The number of carbonyl (C=O) groups excluding carboxylic acids is 1. The number of oxazole rings is 1. The second kappa shape index (κ2) is 5.70. The number of hydrogen-bond donors (Lipinski definition) is 2. The molecule has 0 spiro atoms. The van der Waals surface area contributed by atoms with Crippen LogP contribution in [0.5, 0.6) is 5.75 Å². The summed E-state index contributed by atoms with van der Waals surface area (Å²) in [4.78, 5) is 18.8. The van der Waals surface area contributed by atoms with Gasteiger partial charge in [-0.1, -0.05) is 12.1 Å². The number of nitrogens with zero attached hydrogens (tertiary/aromatic N) is 2. The van der Waals surface area contributed by atoms with Gasteiger partial charge in [-0.2, -0.15) is 0 Å². The molecule has 120 valence electrons. The third-order valence-corrected chi connectivity index (χ3v) is 4.80. The number of benzene rings is 1. The van der Waals surface area contributed by atoms with Gasteiger partial charge in [-0.25, -0.2) is 4.98 Å². The second-order valence-corrected chi connectivity index (χ2v) is 6.30. The highest BCUT2D eigenvalue weighted by Crippen LogP contribution is 2.28. The molecule has 0 aliphatic carbocycles. The van der Waals surface area contributed by atoms with E-state index in [2.05, 4.69) is 15.2 Å². The topological polar surface area (TPSA) is 78.6 Å². The van der Waals surface area contributed by atoms with Crippen LogP contribution in [0.15, 0.2) is 34.9 Å². The maximum absolute atomic E-state index is 12.4. The fraction of sp³-hybridized carbons (Fsp3) is 0.412. The standard InChI is InChI=1S/C17H19N3O3/c21-13-3-1-2-12(8-13)15-9-18-17(23-15)16(22)19-14-10-20-6-4-11(14)5-7-20/h1-3,8-9,11,14,21H,4-7,10H2,(H,19,22). The van der Waals surface area contributed by atoms with Crippen LogP contribution in [-0.4, -0.2) is 46.6 Å². The molecule has 3 fully saturated rings. The van der Waals surface area contributed by atoms with Crippen molar-refractivity contribution in [1.29, 1.82) is 0 Å². The van der Waals surface area contributed by atoms with Crippen molar-refractivity contribution < 1.29 is 14.3 Å². The number of phenols is 1. The summed E-state index contributed by atoms with van der Waals surface area (Å²) in [5.41, 5.74) is 0.694. The normalized spacial score (nSPS) is 26.2. The Morgan fingerprint density at radius 2 is 2.17 bits per heavy atom. The van der Waals surface area contributed by atoms with Gasteiger partial charge in [0, 0.05) is 18.2 Å². The predicted molar refractivity (Wildman–Crippen MR) is 84.0 cm³/mol. The monoisotopic (exact) mass is 313 g/mol. The predicted octanol–water partition coefficient (Wildman–Crippen LogP) is 1.87. The van der Waals surface area contributed by atoms with Crippen molar-refractivity contribution in [3.8, 4) is 17.1 Å². The van der Waals surface area contributed by atoms with Crippen molar-refractivity contribution in [2.75, 3.05) is 19.6 Å². The van der Waals surface area contributed by atoms with Gasteiger partial charge < -0.3 is 19.7 Å². The number of fused-ring (bicyclic) bond motifs is 3. The second-order valence-electron chi connectivity index (χ2n) is 6.30. The van der Waals surface area contributed by atoms with Crippen LogP contribution in [-0.2, 0) is 0 Å². The Morgan fingerprint density at radius 1 is 1.35 bits per heavy atom. The number of rotatable bonds is 3. The highest BCUT2D eigenvalue weighted by atomic mass is 16.4. The van der Waals surface area contributed by atoms with Crippen molar-refractivity contribution in [2.24, 2.45) is 5.92 Å². The number of nitrogens with one attached hydrogen (secondary N) is 1. The molecular formula is C17H19N3O3. The molecule has 0 saturated carbocycles. The molecule has 23 heavy (non-hydrogen) atoms. The van der Waals surface area contributed by atoms with E-state index in [1.807, 2.05) is 0 Å². The SMILES string of the molecule is O=C(NC1CN2CCC1CC2)c1ncc(-c2cccc(O)c2)o1. The van der Waals surface area contributed by atoms with Crippen LogP contribution < -0.4 is 5.32 Å². The van der Waals surface area contributed by atoms with Crippen molar-refractivity contribution >= 4 is 5.91 Å². The Balaban J connectivity index is 1.47. The summed E-state index contributed by atoms with van der Waals surface area (Å²) in [7, 11) is 0. The summed E-state index contributed by atoms with van der Waals surface area (Å²) in [6, 6.07) is 6.87. The summed E-state index contributed by atoms with van der Waals surface area (Å²) in [5, 5.41) is 12.6. The Morgan fingerprint density at radius 3 is 2.87 bits per heavy atom. The van der Waals surface area contributed by atoms with E-state index >= 15 is 0 Å². The van der Waals surface area contributed by atoms with Gasteiger partial charge in [-0.15, -0.1) is 0 Å². The Bertz CT molecular complexity index is 719. The first-order valence-electron chi connectivity index (χ1n) is 7.97.